The van der Waals surface area contributed by atoms with Crippen LogP contribution in [0.2, 0.25) is 0 Å². The van der Waals surface area contributed by atoms with E-state index in [2.05, 4.69) is 88.2 Å². The molecule has 1 heterocycles. The Bertz CT molecular complexity index is 1150. The van der Waals surface area contributed by atoms with Gasteiger partial charge in [0.2, 0.25) is 5.91 Å². The van der Waals surface area contributed by atoms with Gasteiger partial charge in [0.25, 0.3) is 5.91 Å². The van der Waals surface area contributed by atoms with Gasteiger partial charge in [-0.25, -0.2) is 0 Å². The summed E-state index contributed by atoms with van der Waals surface area (Å²) < 4.78 is 0. The van der Waals surface area contributed by atoms with E-state index in [0.29, 0.717) is 6.54 Å². The molecule has 1 aliphatic rings. The van der Waals surface area contributed by atoms with Crippen LogP contribution in [0.5, 0.6) is 0 Å². The van der Waals surface area contributed by atoms with E-state index >= 15 is 0 Å². The monoisotopic (exact) mass is 545 g/mol. The number of benzene rings is 2. The maximum absolute atomic E-state index is 14.0. The van der Waals surface area contributed by atoms with E-state index in [-0.39, 0.29) is 35.7 Å². The molecule has 0 saturated carbocycles. The Balaban J connectivity index is 2.05. The molecular formula is C35H51N3O2. The number of nitrogens with one attached hydrogen (secondary N) is 1. The molecule has 1 fully saturated rings. The number of nitrogens with zero attached hydrogens (tertiary/aromatic N) is 2. The predicted octanol–water partition coefficient (Wildman–Crippen LogP) is 7.01. The van der Waals surface area contributed by atoms with Crippen LogP contribution in [-0.4, -0.2) is 47.3 Å². The standard InChI is InChI=1S/C35H51N3O2/c1-8-17-31-32(25(6)23-28-19-14-13-18-27(28)12-5)36-34(39)33(26(10-3)11-4)38(31)24-29-20-15-16-21-30(29)35(40)37(7)22-9-2/h13-21,25-26,32-33H,8-12,22-24H2,1-7H3,(H,36,39)/b31-17+/t25-,32?,33-/m1/s1. The number of hydrogen-bond acceptors (Lipinski definition) is 3. The SMILES string of the molecule is CC/C=C1\C([C@H](C)Cc2ccccc2CC)NC(=O)[C@@H](C(CC)CC)N1Cc1ccccc1C(=O)N(C)CCC. The van der Waals surface area contributed by atoms with Gasteiger partial charge >= 0.3 is 0 Å². The van der Waals surface area contributed by atoms with E-state index in [4.69, 9.17) is 0 Å². The predicted molar refractivity (Wildman–Crippen MR) is 166 cm³/mol. The highest BCUT2D eigenvalue weighted by Gasteiger charge is 2.42. The van der Waals surface area contributed by atoms with Crippen LogP contribution in [0.3, 0.4) is 0 Å². The molecule has 40 heavy (non-hydrogen) atoms. The summed E-state index contributed by atoms with van der Waals surface area (Å²) in [5.74, 6) is 0.588. The first-order valence-electron chi connectivity index (χ1n) is 15.5. The van der Waals surface area contributed by atoms with Gasteiger partial charge < -0.3 is 15.1 Å². The summed E-state index contributed by atoms with van der Waals surface area (Å²) >= 11 is 0. The number of aryl methyl sites for hydroxylation is 1. The average Bonchev–Trinajstić information content (AvgIpc) is 2.96. The lowest BCUT2D eigenvalue weighted by Gasteiger charge is -2.47. The normalized spacial score (nSPS) is 19.1. The second kappa shape index (κ2) is 15.1. The van der Waals surface area contributed by atoms with Gasteiger partial charge in [-0.15, -0.1) is 0 Å². The van der Waals surface area contributed by atoms with Crippen molar-refractivity contribution in [3.8, 4) is 0 Å². The summed E-state index contributed by atoms with van der Waals surface area (Å²) in [5, 5.41) is 3.47. The minimum absolute atomic E-state index is 0.0418. The zero-order chi connectivity index (χ0) is 29.2. The first-order valence-corrected chi connectivity index (χ1v) is 15.5. The third-order valence-electron chi connectivity index (χ3n) is 8.57. The van der Waals surface area contributed by atoms with Crippen LogP contribution in [0.4, 0.5) is 0 Å². The van der Waals surface area contributed by atoms with Crippen LogP contribution in [0.25, 0.3) is 0 Å². The second-order valence-corrected chi connectivity index (χ2v) is 11.4. The Hall–Kier alpha value is -3.08. The average molecular weight is 546 g/mol. The molecule has 1 N–H and O–H groups in total. The first kappa shape index (κ1) is 31.4. The van der Waals surface area contributed by atoms with E-state index in [0.717, 1.165) is 56.2 Å². The fraction of sp³-hybridized carbons (Fsp3) is 0.543. The van der Waals surface area contributed by atoms with Gasteiger partial charge in [-0.3, -0.25) is 9.59 Å². The molecule has 0 radical (unpaired) electrons. The minimum Gasteiger partial charge on any atom is -0.357 e. The lowest BCUT2D eigenvalue weighted by Crippen LogP contribution is -2.62. The Kier molecular flexibility index (Phi) is 11.8. The highest BCUT2D eigenvalue weighted by molar-refractivity contribution is 5.95. The Morgan fingerprint density at radius 1 is 0.975 bits per heavy atom. The number of hydrogen-bond donors (Lipinski definition) is 1. The van der Waals surface area contributed by atoms with E-state index in [1.807, 2.05) is 25.2 Å². The molecule has 5 heteroatoms. The minimum atomic E-state index is -0.268. The van der Waals surface area contributed by atoms with Crippen LogP contribution in [-0.2, 0) is 24.2 Å². The van der Waals surface area contributed by atoms with E-state index in [9.17, 15) is 9.59 Å². The van der Waals surface area contributed by atoms with Gasteiger partial charge in [-0.1, -0.05) is 103 Å². The summed E-state index contributed by atoms with van der Waals surface area (Å²) in [7, 11) is 1.87. The molecule has 5 nitrogen and oxygen atoms in total. The van der Waals surface area contributed by atoms with Crippen molar-refractivity contribution in [3.63, 3.8) is 0 Å². The number of carbonyl (C=O) groups excluding carboxylic acids is 2. The largest absolute Gasteiger partial charge is 0.357 e. The fourth-order valence-corrected chi connectivity index (χ4v) is 6.33. The van der Waals surface area contributed by atoms with Crippen molar-refractivity contribution in [1.29, 1.82) is 0 Å². The molecule has 2 aromatic carbocycles. The van der Waals surface area contributed by atoms with Gasteiger partial charge in [-0.05, 0) is 60.3 Å². The Morgan fingerprint density at radius 3 is 2.20 bits per heavy atom. The second-order valence-electron chi connectivity index (χ2n) is 11.4. The van der Waals surface area contributed by atoms with E-state index in [1.165, 1.54) is 16.8 Å². The van der Waals surface area contributed by atoms with Crippen molar-refractivity contribution in [2.75, 3.05) is 13.6 Å². The molecule has 0 spiro atoms. The van der Waals surface area contributed by atoms with Crippen molar-refractivity contribution >= 4 is 11.8 Å². The van der Waals surface area contributed by atoms with Crippen molar-refractivity contribution in [3.05, 3.63) is 82.6 Å². The molecule has 3 atom stereocenters. The van der Waals surface area contributed by atoms with Crippen LogP contribution in [0.15, 0.2) is 60.3 Å². The highest BCUT2D eigenvalue weighted by Crippen LogP contribution is 2.34. The summed E-state index contributed by atoms with van der Waals surface area (Å²) in [6, 6.07) is 16.2. The number of rotatable bonds is 13. The Morgan fingerprint density at radius 2 is 1.60 bits per heavy atom. The Labute approximate surface area is 243 Å². The fourth-order valence-electron chi connectivity index (χ4n) is 6.33. The molecule has 0 aliphatic carbocycles. The maximum Gasteiger partial charge on any atom is 0.253 e. The summed E-state index contributed by atoms with van der Waals surface area (Å²) in [6.07, 6.45) is 7.84. The van der Waals surface area contributed by atoms with Gasteiger partial charge in [-0.2, -0.15) is 0 Å². The summed E-state index contributed by atoms with van der Waals surface area (Å²) in [6.45, 7) is 14.3. The van der Waals surface area contributed by atoms with Crippen molar-refractivity contribution in [2.24, 2.45) is 11.8 Å². The zero-order valence-electron chi connectivity index (χ0n) is 25.9. The van der Waals surface area contributed by atoms with Gasteiger partial charge in [0, 0.05) is 31.4 Å². The van der Waals surface area contributed by atoms with Crippen LogP contribution in [0.1, 0.15) is 94.3 Å². The van der Waals surface area contributed by atoms with Crippen LogP contribution >= 0.6 is 0 Å². The number of allylic oxidation sites excluding steroid dienone is 1. The molecule has 1 unspecified atom stereocenters. The van der Waals surface area contributed by atoms with Gasteiger partial charge in [0.1, 0.15) is 6.04 Å². The molecule has 0 bridgehead atoms. The molecule has 0 aromatic heterocycles. The molecule has 2 aromatic rings. The van der Waals surface area contributed by atoms with Gasteiger partial charge in [0.05, 0.1) is 6.04 Å². The summed E-state index contributed by atoms with van der Waals surface area (Å²) in [4.78, 5) is 31.5. The number of amides is 2. The molecule has 1 saturated heterocycles. The molecule has 3 rings (SSSR count). The smallest absolute Gasteiger partial charge is 0.253 e. The summed E-state index contributed by atoms with van der Waals surface area (Å²) in [5.41, 5.74) is 5.61. The number of carbonyl (C=O) groups is 2. The van der Waals surface area contributed by atoms with Crippen LogP contribution in [0, 0.1) is 11.8 Å². The molecular weight excluding hydrogens is 494 g/mol. The first-order chi connectivity index (χ1) is 19.3. The topological polar surface area (TPSA) is 52.7 Å². The molecule has 218 valence electrons. The molecule has 1 aliphatic heterocycles. The zero-order valence-corrected chi connectivity index (χ0v) is 25.9. The lowest BCUT2D eigenvalue weighted by molar-refractivity contribution is -0.132. The van der Waals surface area contributed by atoms with Crippen molar-refractivity contribution < 1.29 is 9.59 Å². The van der Waals surface area contributed by atoms with Crippen molar-refractivity contribution in [2.45, 2.75) is 98.7 Å². The lowest BCUT2D eigenvalue weighted by atomic mass is 9.83. The van der Waals surface area contributed by atoms with E-state index in [1.54, 1.807) is 4.90 Å². The third-order valence-corrected chi connectivity index (χ3v) is 8.57. The van der Waals surface area contributed by atoms with Crippen LogP contribution < -0.4 is 5.32 Å². The maximum atomic E-state index is 14.0. The van der Waals surface area contributed by atoms with Gasteiger partial charge in [0.15, 0.2) is 0 Å². The van der Waals surface area contributed by atoms with E-state index < -0.39 is 0 Å². The number of piperazine rings is 1. The molecule has 2 amide bonds. The van der Waals surface area contributed by atoms with Crippen molar-refractivity contribution in [1.82, 2.24) is 15.1 Å². The third kappa shape index (κ3) is 7.16. The quantitative estimate of drug-likeness (QED) is 0.295. The highest BCUT2D eigenvalue weighted by atomic mass is 16.2.